The van der Waals surface area contributed by atoms with E-state index in [1.54, 1.807) is 30.3 Å². The molecule has 0 aromatic heterocycles. The highest BCUT2D eigenvalue weighted by Gasteiger charge is 2.07. The van der Waals surface area contributed by atoms with Gasteiger partial charge in [0.25, 0.3) is 0 Å². The van der Waals surface area contributed by atoms with E-state index in [2.05, 4.69) is 4.74 Å². The largest absolute Gasteiger partial charge is 0.481 e. The molecule has 0 amide bonds. The van der Waals surface area contributed by atoms with E-state index in [4.69, 9.17) is 5.11 Å². The molecule has 0 bridgehead atoms. The summed E-state index contributed by atoms with van der Waals surface area (Å²) in [5, 5.41) is 8.73. The van der Waals surface area contributed by atoms with Crippen LogP contribution in [0.5, 0.6) is 0 Å². The second-order valence-corrected chi connectivity index (χ2v) is 4.34. The van der Waals surface area contributed by atoms with Gasteiger partial charge in [-0.2, -0.15) is 0 Å². The van der Waals surface area contributed by atoms with E-state index in [0.29, 0.717) is 5.56 Å². The first-order valence-electron chi connectivity index (χ1n) is 6.09. The summed E-state index contributed by atoms with van der Waals surface area (Å²) < 4.78 is 4.69. The molecule has 4 nitrogen and oxygen atoms in total. The Morgan fingerprint density at radius 2 is 1.75 bits per heavy atom. The summed E-state index contributed by atoms with van der Waals surface area (Å²) in [5.74, 6) is -1.24. The minimum Gasteiger partial charge on any atom is -0.481 e. The van der Waals surface area contributed by atoms with Gasteiger partial charge in [0, 0.05) is 0 Å². The number of esters is 1. The highest BCUT2D eigenvalue weighted by molar-refractivity contribution is 5.91. The SMILES string of the molecule is COC(=O)c1cccc(-c2ccc(CC(=O)O)cc2)c1. The molecule has 2 aromatic carbocycles. The van der Waals surface area contributed by atoms with Crippen LogP contribution in [0.3, 0.4) is 0 Å². The minimum atomic E-state index is -0.856. The Morgan fingerprint density at radius 1 is 1.05 bits per heavy atom. The van der Waals surface area contributed by atoms with E-state index in [-0.39, 0.29) is 12.4 Å². The Balaban J connectivity index is 2.27. The Hall–Kier alpha value is -2.62. The zero-order chi connectivity index (χ0) is 14.5. The molecule has 0 fully saturated rings. The third kappa shape index (κ3) is 3.23. The van der Waals surface area contributed by atoms with Crippen molar-refractivity contribution in [2.45, 2.75) is 6.42 Å². The lowest BCUT2D eigenvalue weighted by molar-refractivity contribution is -0.136. The van der Waals surface area contributed by atoms with Gasteiger partial charge in [0.15, 0.2) is 0 Å². The number of ether oxygens (including phenoxy) is 1. The molecule has 0 heterocycles. The van der Waals surface area contributed by atoms with Gasteiger partial charge < -0.3 is 9.84 Å². The van der Waals surface area contributed by atoms with Crippen LogP contribution in [0.15, 0.2) is 48.5 Å². The van der Waals surface area contributed by atoms with Gasteiger partial charge in [-0.3, -0.25) is 4.79 Å². The van der Waals surface area contributed by atoms with Crippen LogP contribution in [-0.4, -0.2) is 24.2 Å². The maximum atomic E-state index is 11.5. The summed E-state index contributed by atoms with van der Waals surface area (Å²) in [4.78, 5) is 22.1. The second-order valence-electron chi connectivity index (χ2n) is 4.34. The smallest absolute Gasteiger partial charge is 0.337 e. The number of carboxylic acid groups (broad SMARTS) is 1. The predicted molar refractivity (Wildman–Crippen MR) is 74.6 cm³/mol. The fraction of sp³-hybridized carbons (Fsp3) is 0.125. The molecule has 20 heavy (non-hydrogen) atoms. The molecule has 0 aliphatic carbocycles. The van der Waals surface area contributed by atoms with Crippen molar-refractivity contribution in [2.75, 3.05) is 7.11 Å². The summed E-state index contributed by atoms with van der Waals surface area (Å²) in [6.45, 7) is 0. The quantitative estimate of drug-likeness (QED) is 0.868. The third-order valence-electron chi connectivity index (χ3n) is 2.93. The molecule has 1 N–H and O–H groups in total. The highest BCUT2D eigenvalue weighted by atomic mass is 16.5. The number of methoxy groups -OCH3 is 1. The van der Waals surface area contributed by atoms with Gasteiger partial charge in [-0.05, 0) is 28.8 Å². The second kappa shape index (κ2) is 6.02. The minimum absolute atomic E-state index is 0.00246. The molecule has 2 rings (SSSR count). The lowest BCUT2D eigenvalue weighted by atomic mass is 10.0. The molecule has 0 saturated heterocycles. The van der Waals surface area contributed by atoms with Gasteiger partial charge in [0.05, 0.1) is 19.1 Å². The number of rotatable bonds is 4. The lowest BCUT2D eigenvalue weighted by Gasteiger charge is -2.05. The zero-order valence-electron chi connectivity index (χ0n) is 11.0. The Kier molecular flexibility index (Phi) is 4.15. The van der Waals surface area contributed by atoms with Gasteiger partial charge in [0.1, 0.15) is 0 Å². The van der Waals surface area contributed by atoms with E-state index < -0.39 is 5.97 Å². The van der Waals surface area contributed by atoms with Crippen LogP contribution in [-0.2, 0) is 16.0 Å². The summed E-state index contributed by atoms with van der Waals surface area (Å²) >= 11 is 0. The van der Waals surface area contributed by atoms with Crippen molar-refractivity contribution in [1.82, 2.24) is 0 Å². The molecular formula is C16H14O4. The van der Waals surface area contributed by atoms with Crippen LogP contribution in [0.4, 0.5) is 0 Å². The van der Waals surface area contributed by atoms with Crippen molar-refractivity contribution in [3.05, 3.63) is 59.7 Å². The van der Waals surface area contributed by atoms with Crippen molar-refractivity contribution in [1.29, 1.82) is 0 Å². The van der Waals surface area contributed by atoms with Crippen LogP contribution >= 0.6 is 0 Å². The molecule has 0 aliphatic rings. The molecule has 0 aliphatic heterocycles. The summed E-state index contributed by atoms with van der Waals surface area (Å²) in [5.41, 5.74) is 3.03. The number of carbonyl (C=O) groups is 2. The van der Waals surface area contributed by atoms with Gasteiger partial charge in [-0.15, -0.1) is 0 Å². The lowest BCUT2D eigenvalue weighted by Crippen LogP contribution is -2.01. The van der Waals surface area contributed by atoms with Crippen molar-refractivity contribution >= 4 is 11.9 Å². The van der Waals surface area contributed by atoms with Crippen molar-refractivity contribution in [3.63, 3.8) is 0 Å². The predicted octanol–water partition coefficient (Wildman–Crippen LogP) is 2.77. The van der Waals surface area contributed by atoms with Crippen molar-refractivity contribution < 1.29 is 19.4 Å². The normalized spacial score (nSPS) is 10.1. The average Bonchev–Trinajstić information content (AvgIpc) is 2.47. The zero-order valence-corrected chi connectivity index (χ0v) is 11.0. The number of carbonyl (C=O) groups excluding carboxylic acids is 1. The molecule has 0 unspecified atom stereocenters. The van der Waals surface area contributed by atoms with E-state index in [1.165, 1.54) is 7.11 Å². The summed E-state index contributed by atoms with van der Waals surface area (Å²) in [7, 11) is 1.34. The molecular weight excluding hydrogens is 256 g/mol. The van der Waals surface area contributed by atoms with E-state index in [1.807, 2.05) is 18.2 Å². The topological polar surface area (TPSA) is 63.6 Å². The maximum absolute atomic E-state index is 11.5. The number of hydrogen-bond acceptors (Lipinski definition) is 3. The van der Waals surface area contributed by atoms with Crippen LogP contribution in [0.2, 0.25) is 0 Å². The molecule has 2 aromatic rings. The first-order valence-corrected chi connectivity index (χ1v) is 6.09. The number of carboxylic acids is 1. The Morgan fingerprint density at radius 3 is 2.35 bits per heavy atom. The fourth-order valence-corrected chi connectivity index (χ4v) is 1.93. The molecule has 102 valence electrons. The monoisotopic (exact) mass is 270 g/mol. The number of hydrogen-bond donors (Lipinski definition) is 1. The van der Waals surface area contributed by atoms with Crippen LogP contribution in [0, 0.1) is 0 Å². The molecule has 4 heteroatoms. The van der Waals surface area contributed by atoms with E-state index in [9.17, 15) is 9.59 Å². The fourth-order valence-electron chi connectivity index (χ4n) is 1.93. The van der Waals surface area contributed by atoms with Gasteiger partial charge in [0.2, 0.25) is 0 Å². The van der Waals surface area contributed by atoms with Crippen molar-refractivity contribution in [2.24, 2.45) is 0 Å². The first-order chi connectivity index (χ1) is 9.60. The molecule has 0 radical (unpaired) electrons. The average molecular weight is 270 g/mol. The maximum Gasteiger partial charge on any atom is 0.337 e. The van der Waals surface area contributed by atoms with Gasteiger partial charge in [-0.1, -0.05) is 36.4 Å². The Bertz CT molecular complexity index is 629. The summed E-state index contributed by atoms with van der Waals surface area (Å²) in [6, 6.07) is 14.3. The summed E-state index contributed by atoms with van der Waals surface area (Å²) in [6.07, 6.45) is 0.00246. The highest BCUT2D eigenvalue weighted by Crippen LogP contribution is 2.21. The number of aliphatic carboxylic acids is 1. The molecule has 0 atom stereocenters. The van der Waals surface area contributed by atoms with Gasteiger partial charge in [-0.25, -0.2) is 4.79 Å². The van der Waals surface area contributed by atoms with Crippen molar-refractivity contribution in [3.8, 4) is 11.1 Å². The van der Waals surface area contributed by atoms with E-state index >= 15 is 0 Å². The van der Waals surface area contributed by atoms with Crippen LogP contribution < -0.4 is 0 Å². The third-order valence-corrected chi connectivity index (χ3v) is 2.93. The molecule has 0 saturated carbocycles. The Labute approximate surface area is 116 Å². The van der Waals surface area contributed by atoms with Crippen LogP contribution in [0.25, 0.3) is 11.1 Å². The standard InChI is InChI=1S/C16H14O4/c1-20-16(19)14-4-2-3-13(10-14)12-7-5-11(6-8-12)9-15(17)18/h2-8,10H,9H2,1H3,(H,17,18). The molecule has 0 spiro atoms. The van der Waals surface area contributed by atoms with Crippen LogP contribution in [0.1, 0.15) is 15.9 Å². The van der Waals surface area contributed by atoms with E-state index in [0.717, 1.165) is 16.7 Å². The van der Waals surface area contributed by atoms with Gasteiger partial charge >= 0.3 is 11.9 Å². The number of benzene rings is 2. The first kappa shape index (κ1) is 13.8.